The Morgan fingerprint density at radius 1 is 1.16 bits per heavy atom. The number of ether oxygens (including phenoxy) is 2. The normalized spacial score (nSPS) is 18.5. The lowest BCUT2D eigenvalue weighted by atomic mass is 9.93. The number of alkyl halides is 1. The first-order valence-electron chi connectivity index (χ1n) is 6.29. The Morgan fingerprint density at radius 3 is 2.63 bits per heavy atom. The Hall–Kier alpha value is -1.48. The molecule has 2 atom stereocenters. The van der Waals surface area contributed by atoms with Gasteiger partial charge in [-0.25, -0.2) is 0 Å². The predicted octanol–water partition coefficient (Wildman–Crippen LogP) is 4.31. The molecule has 0 saturated heterocycles. The second kappa shape index (κ2) is 5.25. The molecule has 0 amide bonds. The SMILES string of the molecule is COc1ccc(C(Br)C2COc3ccccc32)cc1. The van der Waals surface area contributed by atoms with Gasteiger partial charge in [0, 0.05) is 16.3 Å². The van der Waals surface area contributed by atoms with Crippen LogP contribution >= 0.6 is 15.9 Å². The van der Waals surface area contributed by atoms with Crippen molar-refractivity contribution in [3.63, 3.8) is 0 Å². The standard InChI is InChI=1S/C16H15BrO2/c1-18-12-8-6-11(7-9-12)16(17)14-10-19-15-5-3-2-4-13(14)15/h2-9,14,16H,10H2,1H3. The maximum Gasteiger partial charge on any atom is 0.122 e. The van der Waals surface area contributed by atoms with E-state index in [4.69, 9.17) is 9.47 Å². The van der Waals surface area contributed by atoms with Gasteiger partial charge < -0.3 is 9.47 Å². The van der Waals surface area contributed by atoms with Crippen molar-refractivity contribution < 1.29 is 9.47 Å². The highest BCUT2D eigenvalue weighted by molar-refractivity contribution is 9.09. The van der Waals surface area contributed by atoms with Crippen LogP contribution in [0, 0.1) is 0 Å². The molecule has 1 aliphatic rings. The average molecular weight is 319 g/mol. The van der Waals surface area contributed by atoms with Crippen LogP contribution in [0.15, 0.2) is 48.5 Å². The first kappa shape index (κ1) is 12.5. The summed E-state index contributed by atoms with van der Waals surface area (Å²) in [6.07, 6.45) is 0. The van der Waals surface area contributed by atoms with Crippen LogP contribution in [0.25, 0.3) is 0 Å². The molecule has 0 aliphatic carbocycles. The molecule has 3 heteroatoms. The van der Waals surface area contributed by atoms with Gasteiger partial charge in [0.25, 0.3) is 0 Å². The van der Waals surface area contributed by atoms with Gasteiger partial charge in [0.05, 0.1) is 13.7 Å². The second-order valence-electron chi connectivity index (χ2n) is 4.63. The largest absolute Gasteiger partial charge is 0.497 e. The van der Waals surface area contributed by atoms with E-state index in [1.54, 1.807) is 7.11 Å². The molecule has 2 aromatic rings. The van der Waals surface area contributed by atoms with Gasteiger partial charge in [-0.1, -0.05) is 46.3 Å². The highest BCUT2D eigenvalue weighted by Gasteiger charge is 2.30. The Bertz CT molecular complexity index is 565. The molecule has 0 saturated carbocycles. The first-order valence-corrected chi connectivity index (χ1v) is 7.21. The highest BCUT2D eigenvalue weighted by Crippen LogP contribution is 2.45. The van der Waals surface area contributed by atoms with E-state index in [-0.39, 0.29) is 4.83 Å². The molecule has 2 nitrogen and oxygen atoms in total. The van der Waals surface area contributed by atoms with Crippen molar-refractivity contribution in [3.8, 4) is 11.5 Å². The van der Waals surface area contributed by atoms with Crippen molar-refractivity contribution in [1.29, 1.82) is 0 Å². The third kappa shape index (κ3) is 2.35. The summed E-state index contributed by atoms with van der Waals surface area (Å²) < 4.78 is 10.9. The number of benzene rings is 2. The van der Waals surface area contributed by atoms with Gasteiger partial charge in [-0.2, -0.15) is 0 Å². The first-order chi connectivity index (χ1) is 9.29. The van der Waals surface area contributed by atoms with Crippen LogP contribution in [-0.2, 0) is 0 Å². The maximum absolute atomic E-state index is 5.74. The van der Waals surface area contributed by atoms with Gasteiger partial charge in [-0.3, -0.25) is 0 Å². The van der Waals surface area contributed by atoms with E-state index in [0.29, 0.717) is 5.92 Å². The van der Waals surface area contributed by atoms with Crippen LogP contribution in [0.4, 0.5) is 0 Å². The third-order valence-electron chi connectivity index (χ3n) is 3.52. The van der Waals surface area contributed by atoms with E-state index in [1.165, 1.54) is 11.1 Å². The van der Waals surface area contributed by atoms with Gasteiger partial charge in [0.1, 0.15) is 11.5 Å². The van der Waals surface area contributed by atoms with Crippen molar-refractivity contribution in [2.75, 3.05) is 13.7 Å². The molecular formula is C16H15BrO2. The molecule has 0 fully saturated rings. The number of fused-ring (bicyclic) bond motifs is 1. The van der Waals surface area contributed by atoms with Crippen molar-refractivity contribution in [3.05, 3.63) is 59.7 Å². The molecule has 19 heavy (non-hydrogen) atoms. The zero-order chi connectivity index (χ0) is 13.2. The van der Waals surface area contributed by atoms with Gasteiger partial charge in [-0.05, 0) is 23.8 Å². The number of rotatable bonds is 3. The van der Waals surface area contributed by atoms with Crippen molar-refractivity contribution >= 4 is 15.9 Å². The van der Waals surface area contributed by atoms with Crippen LogP contribution in [0.3, 0.4) is 0 Å². The quantitative estimate of drug-likeness (QED) is 0.785. The average Bonchev–Trinajstić information content (AvgIpc) is 2.90. The Labute approximate surface area is 121 Å². The summed E-state index contributed by atoms with van der Waals surface area (Å²) in [4.78, 5) is 0.252. The van der Waals surface area contributed by atoms with Gasteiger partial charge in [0.15, 0.2) is 0 Å². The Morgan fingerprint density at radius 2 is 1.89 bits per heavy atom. The number of methoxy groups -OCH3 is 1. The molecular weight excluding hydrogens is 304 g/mol. The molecule has 0 aromatic heterocycles. The Balaban J connectivity index is 1.86. The summed E-state index contributed by atoms with van der Waals surface area (Å²) in [5, 5.41) is 0. The molecule has 0 N–H and O–H groups in total. The van der Waals surface area contributed by atoms with Crippen molar-refractivity contribution in [2.24, 2.45) is 0 Å². The van der Waals surface area contributed by atoms with Crippen LogP contribution < -0.4 is 9.47 Å². The van der Waals surface area contributed by atoms with E-state index >= 15 is 0 Å². The molecule has 0 radical (unpaired) electrons. The van der Waals surface area contributed by atoms with Crippen molar-refractivity contribution in [1.82, 2.24) is 0 Å². The fourth-order valence-corrected chi connectivity index (χ4v) is 3.19. The van der Waals surface area contributed by atoms with Crippen LogP contribution in [0.5, 0.6) is 11.5 Å². The van der Waals surface area contributed by atoms with Gasteiger partial charge >= 0.3 is 0 Å². The van der Waals surface area contributed by atoms with Crippen molar-refractivity contribution in [2.45, 2.75) is 10.7 Å². The maximum atomic E-state index is 5.74. The van der Waals surface area contributed by atoms with Crippen LogP contribution in [0.2, 0.25) is 0 Å². The van der Waals surface area contributed by atoms with Crippen LogP contribution in [-0.4, -0.2) is 13.7 Å². The summed E-state index contributed by atoms with van der Waals surface area (Å²) in [5.74, 6) is 2.24. The summed E-state index contributed by atoms with van der Waals surface area (Å²) >= 11 is 3.81. The number of hydrogen-bond acceptors (Lipinski definition) is 2. The summed E-state index contributed by atoms with van der Waals surface area (Å²) in [5.41, 5.74) is 2.52. The number of halogens is 1. The van der Waals surface area contributed by atoms with Crippen LogP contribution in [0.1, 0.15) is 21.9 Å². The topological polar surface area (TPSA) is 18.5 Å². The number of para-hydroxylation sites is 1. The second-order valence-corrected chi connectivity index (χ2v) is 5.62. The molecule has 0 bridgehead atoms. The molecule has 98 valence electrons. The zero-order valence-electron chi connectivity index (χ0n) is 10.7. The summed E-state index contributed by atoms with van der Waals surface area (Å²) in [7, 11) is 1.68. The smallest absolute Gasteiger partial charge is 0.122 e. The number of hydrogen-bond donors (Lipinski definition) is 0. The predicted molar refractivity (Wildman–Crippen MR) is 79.3 cm³/mol. The van der Waals surface area contributed by atoms with E-state index in [0.717, 1.165) is 18.1 Å². The highest BCUT2D eigenvalue weighted by atomic mass is 79.9. The van der Waals surface area contributed by atoms with Gasteiger partial charge in [0.2, 0.25) is 0 Å². The van der Waals surface area contributed by atoms with E-state index in [9.17, 15) is 0 Å². The summed E-state index contributed by atoms with van der Waals surface area (Å²) in [6.45, 7) is 0.724. The minimum atomic E-state index is 0.252. The molecule has 3 rings (SSSR count). The lowest BCUT2D eigenvalue weighted by Crippen LogP contribution is -2.07. The fourth-order valence-electron chi connectivity index (χ4n) is 2.45. The molecule has 0 spiro atoms. The lowest BCUT2D eigenvalue weighted by molar-refractivity contribution is 0.329. The third-order valence-corrected chi connectivity index (χ3v) is 4.69. The zero-order valence-corrected chi connectivity index (χ0v) is 12.3. The molecule has 2 aromatic carbocycles. The van der Waals surface area contributed by atoms with E-state index in [1.807, 2.05) is 24.3 Å². The molecule has 1 aliphatic heterocycles. The fraction of sp³-hybridized carbons (Fsp3) is 0.250. The molecule has 2 unspecified atom stereocenters. The Kier molecular flexibility index (Phi) is 3.47. The van der Waals surface area contributed by atoms with E-state index in [2.05, 4.69) is 40.2 Å². The minimum absolute atomic E-state index is 0.252. The van der Waals surface area contributed by atoms with E-state index < -0.39 is 0 Å². The monoisotopic (exact) mass is 318 g/mol. The molecule has 1 heterocycles. The lowest BCUT2D eigenvalue weighted by Gasteiger charge is -2.17. The van der Waals surface area contributed by atoms with Gasteiger partial charge in [-0.15, -0.1) is 0 Å². The minimum Gasteiger partial charge on any atom is -0.497 e. The summed E-state index contributed by atoms with van der Waals surface area (Å²) in [6, 6.07) is 16.4.